The van der Waals surface area contributed by atoms with Crippen molar-refractivity contribution in [3.8, 4) is 0 Å². The highest BCUT2D eigenvalue weighted by Crippen LogP contribution is 2.68. The molecule has 0 amide bonds. The van der Waals surface area contributed by atoms with Crippen LogP contribution < -0.4 is 0 Å². The van der Waals surface area contributed by atoms with Gasteiger partial charge in [-0.2, -0.15) is 0 Å². The number of carbonyl (C=O) groups is 6. The van der Waals surface area contributed by atoms with Crippen LogP contribution in [0.15, 0.2) is 36.0 Å². The predicted octanol–water partition coefficient (Wildman–Crippen LogP) is 3.10. The van der Waals surface area contributed by atoms with Gasteiger partial charge in [0.05, 0.1) is 5.41 Å². The standard InChI is InChI=1S/C29H33FO9/c1-6-7-25(36)39-29(23(35)15-37-16(2)31)24(38-17(3)32)13-21-20-9-8-18-12-19(33)10-11-26(18,4)28(20,30)22(34)14-27(21,29)5/h8-12,20-21,24H,6-7,13-15H2,1-5H3/t20-,21-,24+,26-,27-,28-,29-/m0/s1. The third-order valence-electron chi connectivity index (χ3n) is 8.99. The maximum atomic E-state index is 17.4. The lowest BCUT2D eigenvalue weighted by molar-refractivity contribution is -0.210. The van der Waals surface area contributed by atoms with Gasteiger partial charge in [0, 0.05) is 38.0 Å². The maximum absolute atomic E-state index is 17.4. The first-order valence-electron chi connectivity index (χ1n) is 13.1. The molecule has 210 valence electrons. The monoisotopic (exact) mass is 544 g/mol. The van der Waals surface area contributed by atoms with E-state index in [9.17, 15) is 28.8 Å². The molecule has 0 aromatic heterocycles. The van der Waals surface area contributed by atoms with Gasteiger partial charge in [-0.25, -0.2) is 4.39 Å². The lowest BCUT2D eigenvalue weighted by Crippen LogP contribution is -2.69. The summed E-state index contributed by atoms with van der Waals surface area (Å²) in [6.45, 7) is 6.30. The number of fused-ring (bicyclic) bond motifs is 5. The summed E-state index contributed by atoms with van der Waals surface area (Å²) in [4.78, 5) is 76.6. The Morgan fingerprint density at radius 2 is 1.77 bits per heavy atom. The first-order chi connectivity index (χ1) is 18.2. The van der Waals surface area contributed by atoms with Gasteiger partial charge in [-0.15, -0.1) is 0 Å². The first kappa shape index (κ1) is 28.6. The zero-order valence-corrected chi connectivity index (χ0v) is 22.7. The fourth-order valence-electron chi connectivity index (χ4n) is 7.17. The van der Waals surface area contributed by atoms with E-state index in [4.69, 9.17) is 14.2 Å². The number of ether oxygens (including phenoxy) is 3. The Labute approximate surface area is 225 Å². The van der Waals surface area contributed by atoms with Crippen LogP contribution in [0.4, 0.5) is 4.39 Å². The Bertz CT molecular complexity index is 1250. The average molecular weight is 545 g/mol. The Morgan fingerprint density at radius 3 is 2.38 bits per heavy atom. The fraction of sp³-hybridized carbons (Fsp3) is 0.586. The van der Waals surface area contributed by atoms with Gasteiger partial charge in [0.25, 0.3) is 0 Å². The van der Waals surface area contributed by atoms with Crippen molar-refractivity contribution in [1.29, 1.82) is 0 Å². The lowest BCUT2D eigenvalue weighted by Gasteiger charge is -2.57. The minimum atomic E-state index is -2.49. The maximum Gasteiger partial charge on any atom is 0.306 e. The highest BCUT2D eigenvalue weighted by molar-refractivity contribution is 6.03. The van der Waals surface area contributed by atoms with Gasteiger partial charge in [0.1, 0.15) is 6.10 Å². The molecule has 0 heterocycles. The number of carbonyl (C=O) groups excluding carboxylic acids is 6. The van der Waals surface area contributed by atoms with Crippen LogP contribution in [0.5, 0.6) is 0 Å². The molecular weight excluding hydrogens is 511 g/mol. The second-order valence-electron chi connectivity index (χ2n) is 11.3. The molecule has 0 aromatic carbocycles. The van der Waals surface area contributed by atoms with E-state index in [0.29, 0.717) is 12.0 Å². The third kappa shape index (κ3) is 4.02. The van der Waals surface area contributed by atoms with E-state index >= 15 is 4.39 Å². The van der Waals surface area contributed by atoms with Crippen LogP contribution in [0.2, 0.25) is 0 Å². The van der Waals surface area contributed by atoms with Crippen molar-refractivity contribution in [3.63, 3.8) is 0 Å². The molecule has 0 aromatic rings. The number of alkyl halides is 1. The Hall–Kier alpha value is -3.43. The highest BCUT2D eigenvalue weighted by Gasteiger charge is 2.78. The topological polar surface area (TPSA) is 130 Å². The summed E-state index contributed by atoms with van der Waals surface area (Å²) >= 11 is 0. The van der Waals surface area contributed by atoms with Crippen molar-refractivity contribution in [1.82, 2.24) is 0 Å². The van der Waals surface area contributed by atoms with Crippen LogP contribution in [0.3, 0.4) is 0 Å². The second-order valence-corrected chi connectivity index (χ2v) is 11.3. The van der Waals surface area contributed by atoms with E-state index in [-0.39, 0.29) is 18.6 Å². The summed E-state index contributed by atoms with van der Waals surface area (Å²) < 4.78 is 33.8. The van der Waals surface area contributed by atoms with Crippen LogP contribution in [0, 0.1) is 22.7 Å². The van der Waals surface area contributed by atoms with E-state index in [1.807, 2.05) is 0 Å². The predicted molar refractivity (Wildman–Crippen MR) is 134 cm³/mol. The number of hydrogen-bond acceptors (Lipinski definition) is 9. The van der Waals surface area contributed by atoms with Crippen molar-refractivity contribution >= 4 is 35.3 Å². The van der Waals surface area contributed by atoms with E-state index in [2.05, 4.69) is 0 Å². The molecule has 0 spiro atoms. The minimum absolute atomic E-state index is 0.0640. The van der Waals surface area contributed by atoms with Crippen molar-refractivity contribution in [2.45, 2.75) is 77.7 Å². The normalized spacial score (nSPS) is 38.2. The number of esters is 3. The molecule has 39 heavy (non-hydrogen) atoms. The average Bonchev–Trinajstić information content (AvgIpc) is 3.06. The molecule has 0 bridgehead atoms. The van der Waals surface area contributed by atoms with Crippen molar-refractivity contribution in [3.05, 3.63) is 36.0 Å². The molecule has 7 atom stereocenters. The number of hydrogen-bond donors (Lipinski definition) is 0. The SMILES string of the molecule is CCCC(=O)O[C@@]1(C(=O)COC(C)=O)[C@H](OC(C)=O)C[C@H]2[C@@H]3C=CC4=CC(=O)C=C[C@]4(C)[C@@]3(F)C(=O)C[C@@]21C. The zero-order chi connectivity index (χ0) is 29.0. The molecule has 0 unspecified atom stereocenters. The van der Waals surface area contributed by atoms with Gasteiger partial charge < -0.3 is 14.2 Å². The lowest BCUT2D eigenvalue weighted by atomic mass is 9.46. The van der Waals surface area contributed by atoms with Crippen molar-refractivity contribution in [2.24, 2.45) is 22.7 Å². The van der Waals surface area contributed by atoms with Gasteiger partial charge >= 0.3 is 17.9 Å². The van der Waals surface area contributed by atoms with Crippen molar-refractivity contribution in [2.75, 3.05) is 6.61 Å². The van der Waals surface area contributed by atoms with E-state index in [0.717, 1.165) is 13.8 Å². The third-order valence-corrected chi connectivity index (χ3v) is 8.99. The van der Waals surface area contributed by atoms with E-state index in [1.165, 1.54) is 24.3 Å². The number of rotatable bonds is 7. The summed E-state index contributed by atoms with van der Waals surface area (Å²) in [5.41, 5.74) is -7.31. The quantitative estimate of drug-likeness (QED) is 0.351. The molecular formula is C29H33FO9. The van der Waals surface area contributed by atoms with Gasteiger partial charge in [0.15, 0.2) is 23.8 Å². The molecule has 0 aliphatic heterocycles. The van der Waals surface area contributed by atoms with Gasteiger partial charge in [-0.3, -0.25) is 28.8 Å². The molecule has 4 rings (SSSR count). The molecule has 0 radical (unpaired) electrons. The summed E-state index contributed by atoms with van der Waals surface area (Å²) in [6.07, 6.45) is 5.42. The van der Waals surface area contributed by atoms with E-state index < -0.39 is 82.5 Å². The first-order valence-corrected chi connectivity index (χ1v) is 13.1. The molecule has 2 saturated carbocycles. The second kappa shape index (κ2) is 9.64. The number of ketones is 3. The summed E-state index contributed by atoms with van der Waals surface area (Å²) in [5.74, 6) is -6.20. The number of halogens is 1. The van der Waals surface area contributed by atoms with Gasteiger partial charge in [-0.05, 0) is 43.4 Å². The minimum Gasteiger partial charge on any atom is -0.458 e. The van der Waals surface area contributed by atoms with Crippen molar-refractivity contribution < 1.29 is 47.4 Å². The smallest absolute Gasteiger partial charge is 0.306 e. The number of allylic oxidation sites excluding steroid dienone is 6. The van der Waals surface area contributed by atoms with Crippen LogP contribution >= 0.6 is 0 Å². The number of Topliss-reactive ketones (excluding diaryl/α,β-unsaturated/α-hetero) is 2. The zero-order valence-electron chi connectivity index (χ0n) is 22.7. The Balaban J connectivity index is 1.92. The van der Waals surface area contributed by atoms with Crippen LogP contribution in [0.1, 0.15) is 60.3 Å². The molecule has 0 saturated heterocycles. The molecule has 4 aliphatic rings. The molecule has 9 nitrogen and oxygen atoms in total. The largest absolute Gasteiger partial charge is 0.458 e. The van der Waals surface area contributed by atoms with Crippen LogP contribution in [0.25, 0.3) is 0 Å². The fourth-order valence-corrected chi connectivity index (χ4v) is 7.17. The highest BCUT2D eigenvalue weighted by atomic mass is 19.1. The van der Waals surface area contributed by atoms with Crippen LogP contribution in [-0.2, 0) is 43.0 Å². The molecule has 0 N–H and O–H groups in total. The Kier molecular flexibility index (Phi) is 7.06. The Morgan fingerprint density at radius 1 is 1.08 bits per heavy atom. The van der Waals surface area contributed by atoms with Gasteiger partial charge in [-0.1, -0.05) is 32.1 Å². The summed E-state index contributed by atoms with van der Waals surface area (Å²) in [7, 11) is 0. The summed E-state index contributed by atoms with van der Waals surface area (Å²) in [5, 5.41) is 0. The molecule has 4 aliphatic carbocycles. The molecule has 10 heteroatoms. The van der Waals surface area contributed by atoms with Gasteiger partial charge in [0.2, 0.25) is 11.4 Å². The van der Waals surface area contributed by atoms with E-state index in [1.54, 1.807) is 26.8 Å². The van der Waals surface area contributed by atoms with Crippen LogP contribution in [-0.4, -0.2) is 59.2 Å². The summed E-state index contributed by atoms with van der Waals surface area (Å²) in [6, 6.07) is 0. The molecule has 2 fully saturated rings.